The second-order valence-electron chi connectivity index (χ2n) is 36.6. The van der Waals surface area contributed by atoms with Crippen molar-refractivity contribution in [3.63, 3.8) is 0 Å². The molecule has 0 aromatic carbocycles. The number of nitrogens with zero attached hydrogens (tertiary/aromatic N) is 3. The summed E-state index contributed by atoms with van der Waals surface area (Å²) in [6, 6.07) is 0. The smallest absolute Gasteiger partial charge is 0.306 e. The summed E-state index contributed by atoms with van der Waals surface area (Å²) in [5.74, 6) is 2.55. The van der Waals surface area contributed by atoms with Gasteiger partial charge in [-0.3, -0.25) is 24.1 Å². The Bertz CT molecular complexity index is 2090. The van der Waals surface area contributed by atoms with Crippen molar-refractivity contribution >= 4 is 23.9 Å². The molecule has 680 valence electrons. The highest BCUT2D eigenvalue weighted by molar-refractivity contribution is 5.70. The Labute approximate surface area is 713 Å². The van der Waals surface area contributed by atoms with Gasteiger partial charge in [0.05, 0.1) is 51.8 Å². The lowest BCUT2D eigenvalue weighted by molar-refractivity contribution is -0.146. The van der Waals surface area contributed by atoms with Gasteiger partial charge in [-0.2, -0.15) is 0 Å². The maximum atomic E-state index is 14.0. The molecule has 6 atom stereocenters. The number of likely N-dealkylation sites (N-methyl/N-ethyl adjacent to an activating group) is 1. The zero-order chi connectivity index (χ0) is 83.2. The van der Waals surface area contributed by atoms with Crippen molar-refractivity contribution in [1.29, 1.82) is 0 Å². The minimum absolute atomic E-state index is 0.000670. The summed E-state index contributed by atoms with van der Waals surface area (Å²) in [5, 5.41) is 0. The number of hydrogen-bond donors (Lipinski definition) is 0. The number of rotatable bonds is 87. The predicted molar refractivity (Wildman–Crippen MR) is 486 cm³/mol. The normalized spacial score (nSPS) is 15.5. The van der Waals surface area contributed by atoms with Crippen molar-refractivity contribution in [3.05, 3.63) is 0 Å². The molecule has 115 heavy (non-hydrogen) atoms. The van der Waals surface area contributed by atoms with Gasteiger partial charge in [0.15, 0.2) is 0 Å². The van der Waals surface area contributed by atoms with Crippen LogP contribution in [0.4, 0.5) is 0 Å². The van der Waals surface area contributed by atoms with Crippen LogP contribution in [0.2, 0.25) is 0 Å². The molecule has 0 aromatic heterocycles. The molecule has 14 heteroatoms. The van der Waals surface area contributed by atoms with E-state index in [1.54, 1.807) is 0 Å². The summed E-state index contributed by atoms with van der Waals surface area (Å²) in [7, 11) is 2.23. The van der Waals surface area contributed by atoms with Crippen molar-refractivity contribution in [1.82, 2.24) is 14.7 Å². The van der Waals surface area contributed by atoms with Crippen molar-refractivity contribution in [3.8, 4) is 0 Å². The number of unbranched alkanes of at least 4 members (excludes halogenated alkanes) is 33. The maximum absolute atomic E-state index is 14.0. The zero-order valence-electron chi connectivity index (χ0n) is 78.0. The molecule has 0 amide bonds. The molecular formula is C101H195N3O11. The van der Waals surface area contributed by atoms with Crippen LogP contribution in [0.1, 0.15) is 466 Å². The van der Waals surface area contributed by atoms with Crippen LogP contribution >= 0.6 is 0 Å². The van der Waals surface area contributed by atoms with Gasteiger partial charge in [-0.15, -0.1) is 0 Å². The Kier molecular flexibility index (Phi) is 76.9. The monoisotopic (exact) mass is 1630 g/mol. The number of hydrogen-bond acceptors (Lipinski definition) is 14. The highest BCUT2D eigenvalue weighted by Gasteiger charge is 2.33. The van der Waals surface area contributed by atoms with E-state index < -0.39 is 0 Å². The summed E-state index contributed by atoms with van der Waals surface area (Å²) in [6.45, 7) is 32.7. The van der Waals surface area contributed by atoms with Gasteiger partial charge >= 0.3 is 23.9 Å². The average Bonchev–Trinajstić information content (AvgIpc) is 0.851. The number of piperazine rings is 1. The van der Waals surface area contributed by atoms with E-state index in [9.17, 15) is 19.2 Å². The topological polar surface area (TPSA) is 143 Å². The summed E-state index contributed by atoms with van der Waals surface area (Å²) >= 11 is 0. The Morgan fingerprint density at radius 1 is 0.270 bits per heavy atom. The lowest BCUT2D eigenvalue weighted by atomic mass is 9.69. The summed E-state index contributed by atoms with van der Waals surface area (Å²) in [5.41, 5.74) is 0. The third kappa shape index (κ3) is 66.0. The van der Waals surface area contributed by atoms with Gasteiger partial charge in [0.1, 0.15) is 0 Å². The van der Waals surface area contributed by atoms with Crippen LogP contribution in [0, 0.1) is 35.5 Å². The van der Waals surface area contributed by atoms with Crippen LogP contribution < -0.4 is 0 Å². The Morgan fingerprint density at radius 2 is 0.574 bits per heavy atom. The lowest BCUT2D eigenvalue weighted by Gasteiger charge is -2.36. The molecule has 2 fully saturated rings. The molecule has 0 aliphatic carbocycles. The van der Waals surface area contributed by atoms with E-state index in [1.807, 2.05) is 0 Å². The van der Waals surface area contributed by atoms with Gasteiger partial charge in [0.25, 0.3) is 0 Å². The van der Waals surface area contributed by atoms with Crippen LogP contribution in [0.25, 0.3) is 0 Å². The van der Waals surface area contributed by atoms with Crippen molar-refractivity contribution in [2.45, 2.75) is 479 Å². The standard InChI is InChI=1S/C101H195N3O11/c1-10-18-41-58-90(59-42-19-11-2)86-98(105)112-77-51-37-29-25-27-33-47-64-95(110-81-55-69-103-73-71-102(9)72-74-103)66-49-36-32-40-54-79-114-100(107)88-92(62-45-22-14-5)85-93(57-17-8)97(68-24-16-7)94(63-46-23-15-6)89-101(108)115-80-52-38-30-26-28-34-48-65-96(111-82-56-70-104-75-83-109-84-76-104)67-50-35-31-39-53-78-113-99(106)87-91(60-43-20-12-3)61-44-21-13-4/h90-97H,10-89H2,1-9H3. The summed E-state index contributed by atoms with van der Waals surface area (Å²) in [4.78, 5) is 60.9. The fourth-order valence-electron chi connectivity index (χ4n) is 18.4. The Morgan fingerprint density at radius 3 is 0.930 bits per heavy atom. The lowest BCUT2D eigenvalue weighted by Crippen LogP contribution is -2.44. The van der Waals surface area contributed by atoms with Crippen LogP contribution in [-0.2, 0) is 52.3 Å². The van der Waals surface area contributed by atoms with E-state index in [0.29, 0.717) is 99.8 Å². The van der Waals surface area contributed by atoms with Gasteiger partial charge in [0.2, 0.25) is 0 Å². The van der Waals surface area contributed by atoms with Gasteiger partial charge in [-0.25, -0.2) is 0 Å². The molecule has 6 unspecified atom stereocenters. The van der Waals surface area contributed by atoms with E-state index >= 15 is 0 Å². The van der Waals surface area contributed by atoms with Crippen molar-refractivity contribution < 1.29 is 52.3 Å². The van der Waals surface area contributed by atoms with E-state index in [-0.39, 0.29) is 23.9 Å². The van der Waals surface area contributed by atoms with Gasteiger partial charge in [0, 0.05) is 91.3 Å². The van der Waals surface area contributed by atoms with E-state index in [4.69, 9.17) is 33.2 Å². The molecule has 2 saturated heterocycles. The van der Waals surface area contributed by atoms with Crippen LogP contribution in [-0.4, -0.2) is 163 Å². The first-order chi connectivity index (χ1) is 56.4. The largest absolute Gasteiger partial charge is 0.466 e. The fraction of sp³-hybridized carbons (Fsp3) is 0.960. The van der Waals surface area contributed by atoms with E-state index in [0.717, 1.165) is 259 Å². The zero-order valence-corrected chi connectivity index (χ0v) is 78.0. The predicted octanol–water partition coefficient (Wildman–Crippen LogP) is 27.3. The third-order valence-corrected chi connectivity index (χ3v) is 25.8. The molecule has 0 spiro atoms. The van der Waals surface area contributed by atoms with E-state index in [1.165, 1.54) is 205 Å². The molecular weight excluding hydrogens is 1430 g/mol. The third-order valence-electron chi connectivity index (χ3n) is 25.8. The molecule has 2 rings (SSSR count). The number of ether oxygens (including phenoxy) is 7. The first-order valence-electron chi connectivity index (χ1n) is 51.0. The maximum Gasteiger partial charge on any atom is 0.306 e. The number of carbonyl (C=O) groups excluding carboxylic acids is 4. The van der Waals surface area contributed by atoms with Gasteiger partial charge < -0.3 is 43.0 Å². The summed E-state index contributed by atoms with van der Waals surface area (Å²) in [6.07, 6.45) is 72.8. The SMILES string of the molecule is CCCCCC(CCCCC)CC(=O)OCCCCCCCCCC(CCCCCCCOC(=O)CC(CCCCC)CC(CCC)C(CCCC)C(CCCCC)CC(=O)OCCCCCCCCCC(CCCCCCCOC(=O)CC(CCCCC)CCCCC)OCCCN1CCOCC1)OCCCN1CCN(C)CC1. The molecule has 0 bridgehead atoms. The van der Waals surface area contributed by atoms with Crippen LogP contribution in [0.15, 0.2) is 0 Å². The summed E-state index contributed by atoms with van der Waals surface area (Å²) < 4.78 is 42.6. The second kappa shape index (κ2) is 81.3. The van der Waals surface area contributed by atoms with Gasteiger partial charge in [-0.1, -0.05) is 325 Å². The number of carbonyl (C=O) groups is 4. The molecule has 2 aliphatic heterocycles. The molecule has 2 aliphatic rings. The molecule has 0 aromatic rings. The van der Waals surface area contributed by atoms with Crippen LogP contribution in [0.3, 0.4) is 0 Å². The van der Waals surface area contributed by atoms with Crippen molar-refractivity contribution in [2.75, 3.05) is 112 Å². The van der Waals surface area contributed by atoms with E-state index in [2.05, 4.69) is 77.1 Å². The Balaban J connectivity index is 1.84. The highest BCUT2D eigenvalue weighted by atomic mass is 16.5. The second-order valence-corrected chi connectivity index (χ2v) is 36.6. The Hall–Kier alpha value is -2.36. The first kappa shape index (κ1) is 109. The van der Waals surface area contributed by atoms with Crippen molar-refractivity contribution in [2.24, 2.45) is 35.5 Å². The molecule has 14 nitrogen and oxygen atoms in total. The minimum Gasteiger partial charge on any atom is -0.466 e. The van der Waals surface area contributed by atoms with Gasteiger partial charge in [-0.05, 0) is 158 Å². The molecule has 0 N–H and O–H groups in total. The van der Waals surface area contributed by atoms with Crippen LogP contribution in [0.5, 0.6) is 0 Å². The fourth-order valence-corrected chi connectivity index (χ4v) is 18.4. The minimum atomic E-state index is -0.0123. The molecule has 0 saturated carbocycles. The number of morpholine rings is 1. The average molecular weight is 1630 g/mol. The highest BCUT2D eigenvalue weighted by Crippen LogP contribution is 2.41. The molecule has 0 radical (unpaired) electrons. The molecule has 2 heterocycles. The quantitative estimate of drug-likeness (QED) is 0.0324. The number of esters is 4. The first-order valence-corrected chi connectivity index (χ1v) is 51.0.